The molecule has 0 saturated carbocycles. The van der Waals surface area contributed by atoms with E-state index in [9.17, 15) is 4.79 Å². The summed E-state index contributed by atoms with van der Waals surface area (Å²) in [6, 6.07) is 8.12. The Bertz CT molecular complexity index is 377. The Kier molecular flexibility index (Phi) is 6.44. The van der Waals surface area contributed by atoms with Crippen molar-refractivity contribution in [1.82, 2.24) is 4.90 Å². The number of carbonyl (C=O) groups excluding carboxylic acids is 1. The number of unbranched alkanes of at least 4 members (excludes halogenated alkanes) is 2. The Labute approximate surface area is 110 Å². The molecule has 1 aromatic carbocycles. The lowest BCUT2D eigenvalue weighted by Gasteiger charge is -2.17. The van der Waals surface area contributed by atoms with Crippen LogP contribution in [-0.4, -0.2) is 30.9 Å². The highest BCUT2D eigenvalue weighted by Gasteiger charge is 2.09. The third kappa shape index (κ3) is 5.32. The first-order valence-corrected chi connectivity index (χ1v) is 6.63. The van der Waals surface area contributed by atoms with Crippen LogP contribution in [0.2, 0.25) is 0 Å². The minimum absolute atomic E-state index is 0.188. The van der Waals surface area contributed by atoms with Crippen molar-refractivity contribution in [3.8, 4) is 0 Å². The van der Waals surface area contributed by atoms with Crippen molar-refractivity contribution < 1.29 is 4.79 Å². The molecule has 0 fully saturated rings. The van der Waals surface area contributed by atoms with E-state index < -0.39 is 0 Å². The minimum Gasteiger partial charge on any atom is -0.345 e. The number of amides is 1. The molecule has 0 heterocycles. The average Bonchev–Trinajstić information content (AvgIpc) is 2.34. The molecule has 100 valence electrons. The van der Waals surface area contributed by atoms with Crippen LogP contribution in [0.15, 0.2) is 24.3 Å². The third-order valence-corrected chi connectivity index (χ3v) is 3.06. The summed E-state index contributed by atoms with van der Waals surface area (Å²) >= 11 is 0. The minimum atomic E-state index is 0.188. The fourth-order valence-electron chi connectivity index (χ4n) is 1.93. The largest absolute Gasteiger partial charge is 0.345 e. The maximum atomic E-state index is 12.0. The highest BCUT2D eigenvalue weighted by molar-refractivity contribution is 5.78. The molecule has 0 aliphatic carbocycles. The predicted octanol–water partition coefficient (Wildman–Crippen LogP) is 2.12. The van der Waals surface area contributed by atoms with Gasteiger partial charge in [0, 0.05) is 13.6 Å². The van der Waals surface area contributed by atoms with Crippen LogP contribution in [0.25, 0.3) is 0 Å². The Morgan fingerprint density at radius 3 is 2.72 bits per heavy atom. The molecule has 0 aliphatic heterocycles. The van der Waals surface area contributed by atoms with Gasteiger partial charge >= 0.3 is 0 Å². The van der Waals surface area contributed by atoms with Gasteiger partial charge in [-0.2, -0.15) is 0 Å². The summed E-state index contributed by atoms with van der Waals surface area (Å²) in [7, 11) is 1.88. The molecule has 1 rings (SSSR count). The Balaban J connectivity index is 2.35. The molecule has 1 aromatic rings. The molecule has 0 aromatic heterocycles. The van der Waals surface area contributed by atoms with Crippen LogP contribution in [0.1, 0.15) is 30.4 Å². The zero-order chi connectivity index (χ0) is 13.4. The monoisotopic (exact) mass is 248 g/mol. The smallest absolute Gasteiger partial charge is 0.226 e. The Morgan fingerprint density at radius 1 is 1.28 bits per heavy atom. The maximum absolute atomic E-state index is 12.0. The van der Waals surface area contributed by atoms with Crippen LogP contribution in [0.4, 0.5) is 0 Å². The fraction of sp³-hybridized carbons (Fsp3) is 0.533. The second-order valence-electron chi connectivity index (χ2n) is 4.83. The molecule has 0 bridgehead atoms. The first-order chi connectivity index (χ1) is 8.63. The van der Waals surface area contributed by atoms with E-state index >= 15 is 0 Å². The molecule has 18 heavy (non-hydrogen) atoms. The normalized spacial score (nSPS) is 10.4. The van der Waals surface area contributed by atoms with Crippen molar-refractivity contribution in [3.05, 3.63) is 35.4 Å². The lowest BCUT2D eigenvalue weighted by Crippen LogP contribution is -2.29. The van der Waals surface area contributed by atoms with Crippen LogP contribution < -0.4 is 5.73 Å². The number of aryl methyl sites for hydroxylation is 1. The van der Waals surface area contributed by atoms with E-state index in [1.165, 1.54) is 5.56 Å². The summed E-state index contributed by atoms with van der Waals surface area (Å²) in [5.74, 6) is 0.188. The predicted molar refractivity (Wildman–Crippen MR) is 75.4 cm³/mol. The number of likely N-dealkylation sites (N-methyl/N-ethyl adjacent to an activating group) is 1. The number of nitrogens with zero attached hydrogens (tertiary/aromatic N) is 1. The number of nitrogens with two attached hydrogens (primary N) is 1. The molecule has 0 radical (unpaired) electrons. The molecule has 1 amide bonds. The summed E-state index contributed by atoms with van der Waals surface area (Å²) in [5.41, 5.74) is 7.73. The standard InChI is InChI=1S/C15H24N2O/c1-13-7-6-8-14(11-13)12-15(18)17(2)10-5-3-4-9-16/h6-8,11H,3-5,9-10,12,16H2,1-2H3. The number of benzene rings is 1. The molecular formula is C15H24N2O. The van der Waals surface area contributed by atoms with Gasteiger partial charge in [-0.25, -0.2) is 0 Å². The number of hydrogen-bond donors (Lipinski definition) is 1. The van der Waals surface area contributed by atoms with Crippen LogP contribution in [0.3, 0.4) is 0 Å². The second kappa shape index (κ2) is 7.88. The van der Waals surface area contributed by atoms with Gasteiger partial charge in [-0.1, -0.05) is 36.2 Å². The van der Waals surface area contributed by atoms with Gasteiger partial charge in [0.15, 0.2) is 0 Å². The SMILES string of the molecule is Cc1cccc(CC(=O)N(C)CCCCCN)c1. The summed E-state index contributed by atoms with van der Waals surface area (Å²) in [6.07, 6.45) is 3.67. The molecule has 0 spiro atoms. The van der Waals surface area contributed by atoms with Crippen molar-refractivity contribution >= 4 is 5.91 Å². The van der Waals surface area contributed by atoms with Crippen molar-refractivity contribution in [2.45, 2.75) is 32.6 Å². The molecule has 0 atom stereocenters. The van der Waals surface area contributed by atoms with Crippen molar-refractivity contribution in [2.24, 2.45) is 5.73 Å². The van der Waals surface area contributed by atoms with E-state index in [4.69, 9.17) is 5.73 Å². The average molecular weight is 248 g/mol. The van der Waals surface area contributed by atoms with Crippen molar-refractivity contribution in [1.29, 1.82) is 0 Å². The Morgan fingerprint density at radius 2 is 2.06 bits per heavy atom. The molecular weight excluding hydrogens is 224 g/mol. The summed E-state index contributed by atoms with van der Waals surface area (Å²) in [5, 5.41) is 0. The number of hydrogen-bond acceptors (Lipinski definition) is 2. The van der Waals surface area contributed by atoms with Crippen LogP contribution in [0, 0.1) is 6.92 Å². The summed E-state index contributed by atoms with van der Waals surface area (Å²) in [6.45, 7) is 3.61. The van der Waals surface area contributed by atoms with Gasteiger partial charge in [-0.15, -0.1) is 0 Å². The van der Waals surface area contributed by atoms with Gasteiger partial charge in [0.2, 0.25) is 5.91 Å². The van der Waals surface area contributed by atoms with Gasteiger partial charge in [-0.05, 0) is 31.9 Å². The van der Waals surface area contributed by atoms with E-state index in [1.807, 2.05) is 37.1 Å². The first kappa shape index (κ1) is 14.7. The molecule has 0 aliphatic rings. The van der Waals surface area contributed by atoms with Crippen LogP contribution in [0.5, 0.6) is 0 Å². The highest BCUT2D eigenvalue weighted by Crippen LogP contribution is 2.06. The van der Waals surface area contributed by atoms with Gasteiger partial charge in [0.25, 0.3) is 0 Å². The quantitative estimate of drug-likeness (QED) is 0.751. The van der Waals surface area contributed by atoms with Crippen LogP contribution in [-0.2, 0) is 11.2 Å². The van der Waals surface area contributed by atoms with Gasteiger partial charge < -0.3 is 10.6 Å². The Hall–Kier alpha value is -1.35. The lowest BCUT2D eigenvalue weighted by atomic mass is 10.1. The van der Waals surface area contributed by atoms with E-state index in [-0.39, 0.29) is 5.91 Å². The molecule has 3 heteroatoms. The topological polar surface area (TPSA) is 46.3 Å². The van der Waals surface area contributed by atoms with E-state index in [0.717, 1.165) is 37.9 Å². The van der Waals surface area contributed by atoms with Crippen LogP contribution >= 0.6 is 0 Å². The molecule has 2 N–H and O–H groups in total. The second-order valence-corrected chi connectivity index (χ2v) is 4.83. The van der Waals surface area contributed by atoms with Gasteiger partial charge in [-0.3, -0.25) is 4.79 Å². The van der Waals surface area contributed by atoms with Gasteiger partial charge in [0.05, 0.1) is 6.42 Å². The summed E-state index contributed by atoms with van der Waals surface area (Å²) in [4.78, 5) is 13.8. The van der Waals surface area contributed by atoms with E-state index in [2.05, 4.69) is 6.07 Å². The third-order valence-electron chi connectivity index (χ3n) is 3.06. The summed E-state index contributed by atoms with van der Waals surface area (Å²) < 4.78 is 0. The van der Waals surface area contributed by atoms with Gasteiger partial charge in [0.1, 0.15) is 0 Å². The first-order valence-electron chi connectivity index (χ1n) is 6.63. The highest BCUT2D eigenvalue weighted by atomic mass is 16.2. The lowest BCUT2D eigenvalue weighted by molar-refractivity contribution is -0.129. The van der Waals surface area contributed by atoms with E-state index in [0.29, 0.717) is 6.42 Å². The molecule has 0 saturated heterocycles. The van der Waals surface area contributed by atoms with Crippen molar-refractivity contribution in [3.63, 3.8) is 0 Å². The zero-order valence-electron chi connectivity index (χ0n) is 11.5. The maximum Gasteiger partial charge on any atom is 0.226 e. The number of carbonyl (C=O) groups is 1. The number of rotatable bonds is 7. The fourth-order valence-corrected chi connectivity index (χ4v) is 1.93. The zero-order valence-corrected chi connectivity index (χ0v) is 11.5. The molecule has 3 nitrogen and oxygen atoms in total. The van der Waals surface area contributed by atoms with Crippen molar-refractivity contribution in [2.75, 3.05) is 20.1 Å². The van der Waals surface area contributed by atoms with E-state index in [1.54, 1.807) is 0 Å². The molecule has 0 unspecified atom stereocenters.